The highest BCUT2D eigenvalue weighted by Gasteiger charge is 2.54. The number of β-lactam (4-membered cyclic amide) rings is 1. The number of amides is 2. The van der Waals surface area contributed by atoms with Crippen LogP contribution in [0.25, 0.3) is 0 Å². The van der Waals surface area contributed by atoms with Crippen molar-refractivity contribution in [2.75, 3.05) is 31.5 Å². The number of carbonyl (C=O) groups is 3. The van der Waals surface area contributed by atoms with Crippen LogP contribution < -0.4 is 11.1 Å². The van der Waals surface area contributed by atoms with Crippen LogP contribution in [0.2, 0.25) is 0 Å². The lowest BCUT2D eigenvalue weighted by Crippen LogP contribution is -2.71. The molecule has 4 N–H and O–H groups in total. The standard InChI is InChI=1S/C23H29N5O7S3/c1-23(2,3)21(31)35-10-34-20(36)16-12(11-4-6-33-7-5-11)8-37-19-15(18(30)28(16)19)26-17(29)14(27-32)13-9-38-22(24)25-13/h9,11,15,19,32H,4-8,10H2,1-3H3,(H2,24,25)(H,26,29)/b27-14+/t15?,19-/m1/s1. The molecular weight excluding hydrogens is 554 g/mol. The Bertz CT molecular complexity index is 1190. The molecule has 38 heavy (non-hydrogen) atoms. The largest absolute Gasteiger partial charge is 0.445 e. The Morgan fingerprint density at radius 3 is 2.66 bits per heavy atom. The number of nitrogens with zero attached hydrogens (tertiary/aromatic N) is 3. The number of rotatable bonds is 7. The summed E-state index contributed by atoms with van der Waals surface area (Å²) < 4.78 is 16.3. The highest BCUT2D eigenvalue weighted by Crippen LogP contribution is 2.44. The van der Waals surface area contributed by atoms with Gasteiger partial charge >= 0.3 is 5.97 Å². The Balaban J connectivity index is 1.51. The van der Waals surface area contributed by atoms with Gasteiger partial charge in [-0.2, -0.15) is 0 Å². The van der Waals surface area contributed by atoms with Crippen molar-refractivity contribution in [2.45, 2.75) is 45.0 Å². The molecule has 2 atom stereocenters. The van der Waals surface area contributed by atoms with Gasteiger partial charge in [-0.1, -0.05) is 5.16 Å². The number of aromatic nitrogens is 1. The van der Waals surface area contributed by atoms with Crippen molar-refractivity contribution in [2.24, 2.45) is 16.5 Å². The van der Waals surface area contributed by atoms with Gasteiger partial charge in [0.1, 0.15) is 17.1 Å². The number of nitrogen functional groups attached to an aromatic ring is 1. The van der Waals surface area contributed by atoms with Gasteiger partial charge in [0.25, 0.3) is 11.8 Å². The molecule has 1 aromatic rings. The highest BCUT2D eigenvalue weighted by atomic mass is 32.2. The van der Waals surface area contributed by atoms with E-state index < -0.39 is 28.7 Å². The molecule has 0 aliphatic carbocycles. The number of thiocarbonyl (C=S) groups is 1. The molecule has 2 saturated heterocycles. The Kier molecular flexibility index (Phi) is 8.59. The van der Waals surface area contributed by atoms with Crippen LogP contribution in [0.15, 0.2) is 21.8 Å². The first-order valence-corrected chi connectivity index (χ1v) is 14.2. The summed E-state index contributed by atoms with van der Waals surface area (Å²) in [6, 6.07) is -0.881. The number of oxime groups is 1. The molecule has 2 fully saturated rings. The maximum atomic E-state index is 13.3. The first-order valence-electron chi connectivity index (χ1n) is 11.9. The number of nitrogens with one attached hydrogen (secondary N) is 1. The molecule has 1 unspecified atom stereocenters. The summed E-state index contributed by atoms with van der Waals surface area (Å²) in [5.74, 6) is -0.874. The monoisotopic (exact) mass is 583 g/mol. The molecule has 3 aliphatic heterocycles. The van der Waals surface area contributed by atoms with Crippen LogP contribution in [0.1, 0.15) is 39.3 Å². The molecule has 3 aliphatic rings. The molecule has 1 aromatic heterocycles. The SMILES string of the molecule is CC(C)(C)C(=O)OCOC(=S)C1=C(C2CCOCC2)CS[C@@H]2C(NC(=O)/C(=N/O)c3csc(N)n3)C(=O)N12. The lowest BCUT2D eigenvalue weighted by Gasteiger charge is -2.51. The number of fused-ring (bicyclic) bond motifs is 1. The molecule has 0 bridgehead atoms. The van der Waals surface area contributed by atoms with E-state index in [0.29, 0.717) is 24.7 Å². The van der Waals surface area contributed by atoms with E-state index in [2.05, 4.69) is 15.5 Å². The van der Waals surface area contributed by atoms with Crippen molar-refractivity contribution in [1.29, 1.82) is 0 Å². The summed E-state index contributed by atoms with van der Waals surface area (Å²) in [5, 5.41) is 16.4. The van der Waals surface area contributed by atoms with Crippen molar-refractivity contribution in [1.82, 2.24) is 15.2 Å². The van der Waals surface area contributed by atoms with Crippen molar-refractivity contribution in [3.63, 3.8) is 0 Å². The van der Waals surface area contributed by atoms with Gasteiger partial charge in [-0.25, -0.2) is 4.98 Å². The number of hydrogen-bond donors (Lipinski definition) is 3. The third-order valence-electron chi connectivity index (χ3n) is 6.26. The predicted octanol–water partition coefficient (Wildman–Crippen LogP) is 1.87. The van der Waals surface area contributed by atoms with E-state index in [1.807, 2.05) is 0 Å². The van der Waals surface area contributed by atoms with Crippen LogP contribution in [0.4, 0.5) is 5.13 Å². The van der Waals surface area contributed by atoms with Gasteiger partial charge in [0.2, 0.25) is 11.8 Å². The molecule has 12 nitrogen and oxygen atoms in total. The first-order chi connectivity index (χ1) is 18.0. The number of hydrogen-bond acceptors (Lipinski definition) is 13. The van der Waals surface area contributed by atoms with E-state index in [4.69, 9.17) is 32.2 Å². The number of thiazole rings is 1. The number of anilines is 1. The van der Waals surface area contributed by atoms with Gasteiger partial charge in [0.15, 0.2) is 10.8 Å². The van der Waals surface area contributed by atoms with Crippen LogP contribution in [-0.2, 0) is 28.6 Å². The Hall–Kier alpha value is -2.75. The molecule has 4 heterocycles. The number of nitrogens with two attached hydrogens (primary N) is 1. The van der Waals surface area contributed by atoms with E-state index in [0.717, 1.165) is 29.8 Å². The summed E-state index contributed by atoms with van der Waals surface area (Å²) in [7, 11) is 0. The van der Waals surface area contributed by atoms with Crippen molar-refractivity contribution >= 4 is 69.0 Å². The maximum absolute atomic E-state index is 13.3. The third-order valence-corrected chi connectivity index (χ3v) is 8.55. The quantitative estimate of drug-likeness (QED) is 0.0816. The fourth-order valence-electron chi connectivity index (χ4n) is 4.23. The Morgan fingerprint density at radius 2 is 2.05 bits per heavy atom. The van der Waals surface area contributed by atoms with Crippen LogP contribution in [0, 0.1) is 11.3 Å². The second kappa shape index (κ2) is 11.6. The topological polar surface area (TPSA) is 166 Å². The van der Waals surface area contributed by atoms with Crippen LogP contribution in [-0.4, -0.2) is 80.8 Å². The van der Waals surface area contributed by atoms with Crippen LogP contribution >= 0.6 is 35.3 Å². The fourth-order valence-corrected chi connectivity index (χ4v) is 6.51. The van der Waals surface area contributed by atoms with E-state index in [9.17, 15) is 19.6 Å². The van der Waals surface area contributed by atoms with Gasteiger partial charge < -0.3 is 30.5 Å². The molecule has 0 saturated carbocycles. The van der Waals surface area contributed by atoms with Crippen molar-refractivity contribution in [3.8, 4) is 0 Å². The predicted molar refractivity (Wildman–Crippen MR) is 145 cm³/mol. The molecule has 0 spiro atoms. The molecule has 0 radical (unpaired) electrons. The van der Waals surface area contributed by atoms with Crippen LogP contribution in [0.3, 0.4) is 0 Å². The number of carbonyl (C=O) groups excluding carboxylic acids is 3. The van der Waals surface area contributed by atoms with Gasteiger partial charge in [0, 0.05) is 24.3 Å². The fraction of sp³-hybridized carbons (Fsp3) is 0.565. The normalized spacial score (nSPS) is 22.4. The van der Waals surface area contributed by atoms with Gasteiger partial charge in [0.05, 0.1) is 11.1 Å². The summed E-state index contributed by atoms with van der Waals surface area (Å²) in [5.41, 5.74) is 6.12. The minimum absolute atomic E-state index is 0.0483. The molecule has 206 valence electrons. The highest BCUT2D eigenvalue weighted by molar-refractivity contribution is 8.00. The van der Waals surface area contributed by atoms with E-state index >= 15 is 0 Å². The number of ether oxygens (including phenoxy) is 3. The van der Waals surface area contributed by atoms with Crippen LogP contribution in [0.5, 0.6) is 0 Å². The maximum Gasteiger partial charge on any atom is 0.314 e. The van der Waals surface area contributed by atoms with E-state index in [-0.39, 0.29) is 40.2 Å². The zero-order valence-corrected chi connectivity index (χ0v) is 23.5. The number of thioether (sulfide) groups is 1. The van der Waals surface area contributed by atoms with Gasteiger partial charge in [-0.05, 0) is 57.3 Å². The van der Waals surface area contributed by atoms with Gasteiger partial charge in [-0.3, -0.25) is 19.3 Å². The van der Waals surface area contributed by atoms with E-state index in [1.54, 1.807) is 20.8 Å². The van der Waals surface area contributed by atoms with Crippen molar-refractivity contribution in [3.05, 3.63) is 22.3 Å². The lowest BCUT2D eigenvalue weighted by atomic mass is 9.89. The average Bonchev–Trinajstić information content (AvgIpc) is 3.32. The van der Waals surface area contributed by atoms with E-state index in [1.165, 1.54) is 22.0 Å². The summed E-state index contributed by atoms with van der Waals surface area (Å²) in [4.78, 5) is 43.8. The van der Waals surface area contributed by atoms with Crippen molar-refractivity contribution < 1.29 is 33.8 Å². The lowest BCUT2D eigenvalue weighted by molar-refractivity contribution is -0.160. The minimum Gasteiger partial charge on any atom is -0.445 e. The first kappa shape index (κ1) is 28.3. The minimum atomic E-state index is -0.881. The van der Waals surface area contributed by atoms with Gasteiger partial charge in [-0.15, -0.1) is 23.1 Å². The summed E-state index contributed by atoms with van der Waals surface area (Å²) >= 11 is 8.16. The Morgan fingerprint density at radius 1 is 1.34 bits per heavy atom. The third kappa shape index (κ3) is 5.80. The molecular formula is C23H29N5O7S3. The summed E-state index contributed by atoms with van der Waals surface area (Å²) in [6.07, 6.45) is 1.56. The molecule has 0 aromatic carbocycles. The molecule has 2 amide bonds. The zero-order valence-electron chi connectivity index (χ0n) is 21.1. The summed E-state index contributed by atoms with van der Waals surface area (Å²) in [6.45, 7) is 6.00. The number of esters is 1. The molecule has 15 heteroatoms. The average molecular weight is 584 g/mol. The zero-order chi connectivity index (χ0) is 27.6. The second-order valence-electron chi connectivity index (χ2n) is 9.87. The Labute approximate surface area is 232 Å². The smallest absolute Gasteiger partial charge is 0.314 e. The second-order valence-corrected chi connectivity index (χ2v) is 12.2. The molecule has 4 rings (SSSR count).